The van der Waals surface area contributed by atoms with Crippen molar-refractivity contribution in [3.05, 3.63) is 36.0 Å². The highest BCUT2D eigenvalue weighted by Gasteiger charge is 2.11. The van der Waals surface area contributed by atoms with Crippen LogP contribution in [0.15, 0.2) is 35.5 Å². The molecule has 1 aliphatic heterocycles. The zero-order chi connectivity index (χ0) is 11.4. The quantitative estimate of drug-likeness (QED) is 0.784. The Labute approximate surface area is 93.7 Å². The molecular weight excluding hydrogens is 202 g/mol. The molecule has 1 heterocycles. The fourth-order valence-electron chi connectivity index (χ4n) is 1.53. The van der Waals surface area contributed by atoms with Crippen LogP contribution >= 0.6 is 0 Å². The summed E-state index contributed by atoms with van der Waals surface area (Å²) in [4.78, 5) is 4.22. The van der Waals surface area contributed by atoms with Crippen molar-refractivity contribution in [3.63, 3.8) is 0 Å². The number of fused-ring (bicyclic) bond motifs is 1. The largest absolute Gasteiger partial charge is 0.289 e. The van der Waals surface area contributed by atoms with E-state index in [9.17, 15) is 5.21 Å². The first-order valence-corrected chi connectivity index (χ1v) is 4.99. The van der Waals surface area contributed by atoms with E-state index >= 15 is 0 Å². The van der Waals surface area contributed by atoms with Gasteiger partial charge in [-0.1, -0.05) is 18.2 Å². The van der Waals surface area contributed by atoms with E-state index in [0.29, 0.717) is 13.0 Å². The molecule has 1 aromatic carbocycles. The van der Waals surface area contributed by atoms with Crippen molar-refractivity contribution in [2.75, 3.05) is 6.54 Å². The summed E-state index contributed by atoms with van der Waals surface area (Å²) in [6, 6.07) is 9.70. The smallest absolute Gasteiger partial charge is 0.0709 e. The van der Waals surface area contributed by atoms with Crippen LogP contribution in [0.3, 0.4) is 0 Å². The lowest BCUT2D eigenvalue weighted by molar-refractivity contribution is -0.0377. The summed E-state index contributed by atoms with van der Waals surface area (Å²) in [5.41, 5.74) is 2.76. The van der Waals surface area contributed by atoms with Gasteiger partial charge < -0.3 is 0 Å². The molecule has 0 bridgehead atoms. The van der Waals surface area contributed by atoms with E-state index in [0.717, 1.165) is 21.9 Å². The Bertz CT molecular complexity index is 485. The van der Waals surface area contributed by atoms with Crippen molar-refractivity contribution in [1.82, 2.24) is 5.06 Å². The molecule has 16 heavy (non-hydrogen) atoms. The van der Waals surface area contributed by atoms with E-state index in [1.807, 2.05) is 30.3 Å². The first-order chi connectivity index (χ1) is 7.81. The number of aliphatic imine (C=N–C) groups is 1. The van der Waals surface area contributed by atoms with Gasteiger partial charge in [0, 0.05) is 23.6 Å². The maximum Gasteiger partial charge on any atom is 0.0709 e. The number of nitriles is 1. The number of hydrogen-bond donors (Lipinski definition) is 1. The van der Waals surface area contributed by atoms with Crippen molar-refractivity contribution in [2.45, 2.75) is 6.42 Å². The highest BCUT2D eigenvalue weighted by Crippen LogP contribution is 2.30. The SMILES string of the molecule is N#CCCN(O)/C=C1\C=Nc2ccccc21. The van der Waals surface area contributed by atoms with E-state index in [4.69, 9.17) is 5.26 Å². The van der Waals surface area contributed by atoms with Gasteiger partial charge in [-0.3, -0.25) is 15.3 Å². The van der Waals surface area contributed by atoms with Gasteiger partial charge in [-0.15, -0.1) is 0 Å². The van der Waals surface area contributed by atoms with Crippen LogP contribution in [-0.4, -0.2) is 23.0 Å². The van der Waals surface area contributed by atoms with E-state index in [-0.39, 0.29) is 0 Å². The van der Waals surface area contributed by atoms with Crippen LogP contribution in [0.4, 0.5) is 5.69 Å². The Balaban J connectivity index is 2.16. The van der Waals surface area contributed by atoms with Crippen molar-refractivity contribution in [3.8, 4) is 6.07 Å². The number of nitrogens with zero attached hydrogens (tertiary/aromatic N) is 3. The zero-order valence-electron chi connectivity index (χ0n) is 8.67. The number of allylic oxidation sites excluding steroid dienone is 1. The van der Waals surface area contributed by atoms with Crippen LogP contribution < -0.4 is 0 Å². The molecule has 0 spiro atoms. The van der Waals surface area contributed by atoms with Gasteiger partial charge in [0.2, 0.25) is 0 Å². The molecular formula is C12H11N3O. The maximum atomic E-state index is 9.51. The van der Waals surface area contributed by atoms with Gasteiger partial charge in [0.15, 0.2) is 0 Å². The molecule has 0 aromatic heterocycles. The molecule has 0 atom stereocenters. The Hall–Kier alpha value is -2.12. The topological polar surface area (TPSA) is 59.6 Å². The highest BCUT2D eigenvalue weighted by atomic mass is 16.5. The summed E-state index contributed by atoms with van der Waals surface area (Å²) in [6.45, 7) is 0.302. The van der Waals surface area contributed by atoms with Gasteiger partial charge in [-0.2, -0.15) is 5.26 Å². The lowest BCUT2D eigenvalue weighted by atomic mass is 10.1. The molecule has 1 aromatic rings. The summed E-state index contributed by atoms with van der Waals surface area (Å²) in [6.07, 6.45) is 3.59. The van der Waals surface area contributed by atoms with E-state index in [1.165, 1.54) is 0 Å². The fraction of sp³-hybridized carbons (Fsp3) is 0.167. The van der Waals surface area contributed by atoms with Gasteiger partial charge in [-0.25, -0.2) is 0 Å². The van der Waals surface area contributed by atoms with Gasteiger partial charge in [0.05, 0.1) is 24.7 Å². The minimum atomic E-state index is 0.291. The third-order valence-corrected chi connectivity index (χ3v) is 2.30. The highest BCUT2D eigenvalue weighted by molar-refractivity contribution is 6.16. The third kappa shape index (κ3) is 2.10. The van der Waals surface area contributed by atoms with Crippen LogP contribution in [0.1, 0.15) is 12.0 Å². The lowest BCUT2D eigenvalue weighted by Crippen LogP contribution is -2.13. The second-order valence-corrected chi connectivity index (χ2v) is 3.43. The zero-order valence-corrected chi connectivity index (χ0v) is 8.67. The lowest BCUT2D eigenvalue weighted by Gasteiger charge is -2.10. The summed E-state index contributed by atoms with van der Waals surface area (Å²) in [7, 11) is 0. The van der Waals surface area contributed by atoms with Crippen LogP contribution in [0.2, 0.25) is 0 Å². The minimum Gasteiger partial charge on any atom is -0.289 e. The molecule has 0 amide bonds. The normalized spacial score (nSPS) is 14.9. The molecule has 0 saturated carbocycles. The minimum absolute atomic E-state index is 0.291. The van der Waals surface area contributed by atoms with E-state index in [2.05, 4.69) is 4.99 Å². The van der Waals surface area contributed by atoms with Gasteiger partial charge >= 0.3 is 0 Å². The van der Waals surface area contributed by atoms with E-state index < -0.39 is 0 Å². The molecule has 4 heteroatoms. The Morgan fingerprint density at radius 2 is 2.25 bits per heavy atom. The number of para-hydroxylation sites is 1. The summed E-state index contributed by atoms with van der Waals surface area (Å²) in [5, 5.41) is 18.9. The molecule has 1 N–H and O–H groups in total. The monoisotopic (exact) mass is 213 g/mol. The summed E-state index contributed by atoms with van der Waals surface area (Å²) in [5.74, 6) is 0. The first kappa shape index (κ1) is 10.4. The van der Waals surface area contributed by atoms with Crippen molar-refractivity contribution < 1.29 is 5.21 Å². The second-order valence-electron chi connectivity index (χ2n) is 3.43. The average Bonchev–Trinajstić information content (AvgIpc) is 2.70. The van der Waals surface area contributed by atoms with Crippen LogP contribution in [0.25, 0.3) is 5.57 Å². The van der Waals surface area contributed by atoms with Gasteiger partial charge in [0.1, 0.15) is 0 Å². The molecule has 0 fully saturated rings. The van der Waals surface area contributed by atoms with Gasteiger partial charge in [-0.05, 0) is 6.07 Å². The standard InChI is InChI=1S/C12H11N3O/c13-6-3-7-15(16)9-10-8-14-12-5-2-1-4-11(10)12/h1-2,4-5,8-9,16H,3,7H2/b10-9+. The number of benzene rings is 1. The fourth-order valence-corrected chi connectivity index (χ4v) is 1.53. The van der Waals surface area contributed by atoms with Crippen molar-refractivity contribution in [1.29, 1.82) is 5.26 Å². The van der Waals surface area contributed by atoms with Gasteiger partial charge in [0.25, 0.3) is 0 Å². The Kier molecular flexibility index (Phi) is 2.99. The molecule has 0 radical (unpaired) electrons. The summed E-state index contributed by atoms with van der Waals surface area (Å²) >= 11 is 0. The Morgan fingerprint density at radius 1 is 1.44 bits per heavy atom. The Morgan fingerprint density at radius 3 is 3.06 bits per heavy atom. The predicted octanol–water partition coefficient (Wildman–Crippen LogP) is 2.35. The predicted molar refractivity (Wildman–Crippen MR) is 61.3 cm³/mol. The number of hydrogen-bond acceptors (Lipinski definition) is 4. The van der Waals surface area contributed by atoms with Crippen LogP contribution in [0, 0.1) is 11.3 Å². The molecule has 80 valence electrons. The average molecular weight is 213 g/mol. The third-order valence-electron chi connectivity index (χ3n) is 2.30. The molecule has 0 aliphatic carbocycles. The first-order valence-electron chi connectivity index (χ1n) is 4.99. The maximum absolute atomic E-state index is 9.51. The van der Waals surface area contributed by atoms with Crippen molar-refractivity contribution >= 4 is 17.5 Å². The number of rotatable bonds is 3. The molecule has 0 unspecified atom stereocenters. The van der Waals surface area contributed by atoms with Crippen molar-refractivity contribution in [2.24, 2.45) is 4.99 Å². The molecule has 2 rings (SSSR count). The molecule has 1 aliphatic rings. The molecule has 4 nitrogen and oxygen atoms in total. The van der Waals surface area contributed by atoms with E-state index in [1.54, 1.807) is 12.4 Å². The van der Waals surface area contributed by atoms with Crippen LogP contribution in [0.5, 0.6) is 0 Å². The number of hydroxylamine groups is 2. The second kappa shape index (κ2) is 4.60. The molecule has 0 saturated heterocycles. The van der Waals surface area contributed by atoms with Crippen LogP contribution in [-0.2, 0) is 0 Å². The summed E-state index contributed by atoms with van der Waals surface area (Å²) < 4.78 is 0.